The van der Waals surface area contributed by atoms with Crippen LogP contribution in [-0.4, -0.2) is 57.1 Å². The van der Waals surface area contributed by atoms with E-state index in [9.17, 15) is 0 Å². The molecule has 0 radical (unpaired) electrons. The number of rotatable bonds is 6. The molecule has 0 aliphatic carbocycles. The van der Waals surface area contributed by atoms with Gasteiger partial charge in [0.1, 0.15) is 5.76 Å². The van der Waals surface area contributed by atoms with Gasteiger partial charge in [0.05, 0.1) is 5.69 Å². The van der Waals surface area contributed by atoms with Crippen LogP contribution in [-0.2, 0) is 13.1 Å². The second kappa shape index (κ2) is 7.94. The van der Waals surface area contributed by atoms with Gasteiger partial charge in [-0.3, -0.25) is 9.80 Å². The van der Waals surface area contributed by atoms with Crippen LogP contribution in [0.1, 0.15) is 42.3 Å². The average molecular weight is 371 g/mol. The Kier molecular flexibility index (Phi) is 5.41. The Morgan fingerprint density at radius 3 is 2.63 bits per heavy atom. The van der Waals surface area contributed by atoms with Crippen LogP contribution in [0.25, 0.3) is 0 Å². The van der Waals surface area contributed by atoms with Crippen molar-refractivity contribution in [2.24, 2.45) is 5.92 Å². The van der Waals surface area contributed by atoms with Gasteiger partial charge in [-0.25, -0.2) is 9.97 Å². The molecular formula is C20H30N6O. The highest BCUT2D eigenvalue weighted by Gasteiger charge is 2.35. The van der Waals surface area contributed by atoms with Crippen LogP contribution in [0, 0.1) is 19.8 Å². The Hall–Kier alpha value is -1.99. The third kappa shape index (κ3) is 4.14. The Labute approximate surface area is 161 Å². The fraction of sp³-hybridized carbons (Fsp3) is 0.650. The first-order valence-corrected chi connectivity index (χ1v) is 10.0. The van der Waals surface area contributed by atoms with Crippen LogP contribution >= 0.6 is 0 Å². The topological polar surface area (TPSA) is 70.3 Å². The molecule has 2 aromatic rings. The van der Waals surface area contributed by atoms with Gasteiger partial charge in [0.2, 0.25) is 5.95 Å². The second-order valence-electron chi connectivity index (χ2n) is 7.97. The number of fused-ring (bicyclic) bond motifs is 4. The molecule has 0 unspecified atom stereocenters. The van der Waals surface area contributed by atoms with Crippen molar-refractivity contribution in [1.82, 2.24) is 24.9 Å². The third-order valence-corrected chi connectivity index (χ3v) is 5.89. The van der Waals surface area contributed by atoms with E-state index in [1.54, 1.807) is 0 Å². The number of hydrogen-bond donors (Lipinski definition) is 1. The van der Waals surface area contributed by atoms with E-state index < -0.39 is 0 Å². The highest BCUT2D eigenvalue weighted by atomic mass is 16.5. The van der Waals surface area contributed by atoms with E-state index in [0.29, 0.717) is 12.0 Å². The SMILES string of the molecule is CCNc1ncc(CN2C[C@@H]3CC[C@H]2CN(Cc2c(C)noc2C)C3)cn1. The monoisotopic (exact) mass is 370 g/mol. The number of nitrogens with zero attached hydrogens (tertiary/aromatic N) is 5. The summed E-state index contributed by atoms with van der Waals surface area (Å²) in [5.74, 6) is 2.40. The fourth-order valence-electron chi connectivity index (χ4n) is 4.47. The second-order valence-corrected chi connectivity index (χ2v) is 7.97. The van der Waals surface area contributed by atoms with Gasteiger partial charge in [0.15, 0.2) is 0 Å². The zero-order valence-corrected chi connectivity index (χ0v) is 16.6. The summed E-state index contributed by atoms with van der Waals surface area (Å²) < 4.78 is 5.36. The minimum Gasteiger partial charge on any atom is -0.361 e. The van der Waals surface area contributed by atoms with Crippen molar-refractivity contribution in [2.45, 2.75) is 52.7 Å². The zero-order valence-electron chi connectivity index (χ0n) is 16.6. The maximum Gasteiger partial charge on any atom is 0.222 e. The van der Waals surface area contributed by atoms with E-state index in [1.807, 2.05) is 26.2 Å². The lowest BCUT2D eigenvalue weighted by Crippen LogP contribution is -2.43. The van der Waals surface area contributed by atoms with E-state index in [0.717, 1.165) is 56.6 Å². The molecule has 3 aliphatic rings. The molecule has 1 N–H and O–H groups in total. The van der Waals surface area contributed by atoms with E-state index in [-0.39, 0.29) is 0 Å². The van der Waals surface area contributed by atoms with Crippen molar-refractivity contribution in [1.29, 1.82) is 0 Å². The maximum absolute atomic E-state index is 5.36. The van der Waals surface area contributed by atoms with Gasteiger partial charge in [-0.1, -0.05) is 5.16 Å². The molecule has 2 bridgehead atoms. The van der Waals surface area contributed by atoms with E-state index >= 15 is 0 Å². The molecule has 0 aromatic carbocycles. The quantitative estimate of drug-likeness (QED) is 0.838. The van der Waals surface area contributed by atoms with Crippen molar-refractivity contribution in [3.63, 3.8) is 0 Å². The van der Waals surface area contributed by atoms with Gasteiger partial charge in [-0.2, -0.15) is 0 Å². The summed E-state index contributed by atoms with van der Waals surface area (Å²) in [7, 11) is 0. The number of piperidine rings is 1. The van der Waals surface area contributed by atoms with Gasteiger partial charge in [0, 0.05) is 68.8 Å². The van der Waals surface area contributed by atoms with Gasteiger partial charge < -0.3 is 9.84 Å². The molecule has 0 amide bonds. The van der Waals surface area contributed by atoms with Gasteiger partial charge in [0.25, 0.3) is 0 Å². The van der Waals surface area contributed by atoms with E-state index in [1.165, 1.54) is 24.0 Å². The molecule has 2 aromatic heterocycles. The number of hydrogen-bond acceptors (Lipinski definition) is 7. The summed E-state index contributed by atoms with van der Waals surface area (Å²) >= 11 is 0. The lowest BCUT2D eigenvalue weighted by atomic mass is 9.95. The van der Waals surface area contributed by atoms with Gasteiger partial charge in [-0.05, 0) is 39.5 Å². The summed E-state index contributed by atoms with van der Waals surface area (Å²) in [4.78, 5) is 14.1. The largest absolute Gasteiger partial charge is 0.361 e. The molecule has 0 saturated carbocycles. The maximum atomic E-state index is 5.36. The van der Waals surface area contributed by atoms with Crippen molar-refractivity contribution in [3.8, 4) is 0 Å². The molecule has 0 spiro atoms. The Bertz CT molecular complexity index is 739. The molecule has 7 nitrogen and oxygen atoms in total. The number of anilines is 1. The van der Waals surface area contributed by atoms with Crippen molar-refractivity contribution < 1.29 is 4.52 Å². The number of nitrogens with one attached hydrogen (secondary N) is 1. The molecule has 7 heteroatoms. The minimum absolute atomic E-state index is 0.595. The summed E-state index contributed by atoms with van der Waals surface area (Å²) in [5, 5.41) is 7.27. The summed E-state index contributed by atoms with van der Waals surface area (Å²) in [5.41, 5.74) is 3.48. The molecule has 5 heterocycles. The van der Waals surface area contributed by atoms with Crippen molar-refractivity contribution in [2.75, 3.05) is 31.5 Å². The van der Waals surface area contributed by atoms with Crippen LogP contribution < -0.4 is 5.32 Å². The summed E-state index contributed by atoms with van der Waals surface area (Å²) in [6.45, 7) is 12.3. The Balaban J connectivity index is 1.42. The minimum atomic E-state index is 0.595. The fourth-order valence-corrected chi connectivity index (χ4v) is 4.47. The lowest BCUT2D eigenvalue weighted by Gasteiger charge is -2.36. The highest BCUT2D eigenvalue weighted by Crippen LogP contribution is 2.30. The number of aromatic nitrogens is 3. The van der Waals surface area contributed by atoms with E-state index in [2.05, 4.69) is 37.2 Å². The van der Waals surface area contributed by atoms with Crippen LogP contribution in [0.5, 0.6) is 0 Å². The Morgan fingerprint density at radius 2 is 1.93 bits per heavy atom. The first-order chi connectivity index (χ1) is 13.1. The molecule has 3 saturated heterocycles. The standard InChI is InChI=1S/C20H30N6O/c1-4-21-20-22-7-17(8-23-20)11-26-10-16-5-6-18(26)12-25(9-16)13-19-14(2)24-27-15(19)3/h7-8,16,18H,4-6,9-13H2,1-3H3,(H,21,22,23)/t16-,18+/m1/s1. The molecule has 27 heavy (non-hydrogen) atoms. The Morgan fingerprint density at radius 1 is 1.11 bits per heavy atom. The normalized spacial score (nSPS) is 23.5. The predicted molar refractivity (Wildman–Crippen MR) is 104 cm³/mol. The first kappa shape index (κ1) is 18.4. The molecule has 146 valence electrons. The molecular weight excluding hydrogens is 340 g/mol. The summed E-state index contributed by atoms with van der Waals surface area (Å²) in [6.07, 6.45) is 6.53. The summed E-state index contributed by atoms with van der Waals surface area (Å²) in [6, 6.07) is 0.595. The zero-order chi connectivity index (χ0) is 18.8. The van der Waals surface area contributed by atoms with Crippen LogP contribution in [0.4, 0.5) is 5.95 Å². The smallest absolute Gasteiger partial charge is 0.222 e. The highest BCUT2D eigenvalue weighted by molar-refractivity contribution is 5.24. The van der Waals surface area contributed by atoms with Crippen LogP contribution in [0.2, 0.25) is 0 Å². The average Bonchev–Trinajstić information content (AvgIpc) is 2.83. The van der Waals surface area contributed by atoms with Crippen LogP contribution in [0.15, 0.2) is 16.9 Å². The predicted octanol–water partition coefficient (Wildman–Crippen LogP) is 2.61. The van der Waals surface area contributed by atoms with Gasteiger partial charge >= 0.3 is 0 Å². The lowest BCUT2D eigenvalue weighted by molar-refractivity contribution is 0.123. The van der Waals surface area contributed by atoms with E-state index in [4.69, 9.17) is 4.52 Å². The number of aryl methyl sites for hydroxylation is 2. The molecule has 2 atom stereocenters. The third-order valence-electron chi connectivity index (χ3n) is 5.89. The molecule has 5 rings (SSSR count). The van der Waals surface area contributed by atoms with Crippen LogP contribution in [0.3, 0.4) is 0 Å². The molecule has 3 aliphatic heterocycles. The first-order valence-electron chi connectivity index (χ1n) is 10.0. The van der Waals surface area contributed by atoms with Gasteiger partial charge in [-0.15, -0.1) is 0 Å². The van der Waals surface area contributed by atoms with Crippen molar-refractivity contribution >= 4 is 5.95 Å². The molecule has 3 fully saturated rings. The van der Waals surface area contributed by atoms with Crippen molar-refractivity contribution in [3.05, 3.63) is 35.0 Å².